The fourth-order valence-corrected chi connectivity index (χ4v) is 5.09. The summed E-state index contributed by atoms with van der Waals surface area (Å²) in [7, 11) is 0. The number of hydrogen-bond acceptors (Lipinski definition) is 11. The standard InChI is InChI=1S/C33H43N3O14/c37-28(38)12-11-25(31(43)44)34(13-15-35(17-29(39)40)26(32(45)46)21-49-19-23-7-3-1-4-8-23)14-16-36(18-30(41)42)27(33(47)48)22-50-20-24-9-5-2-6-10-24/h1-10,25-27H,11-22H2,(H,37,38)(H,39,40)(H,41,42)(H,43,44)(H,45,46)(H,47,48)/t25-,26-,27+/m1/s1. The topological polar surface area (TPSA) is 252 Å². The molecule has 0 bridgehead atoms. The van der Waals surface area contributed by atoms with Crippen molar-refractivity contribution in [3.63, 3.8) is 0 Å². The zero-order valence-corrected chi connectivity index (χ0v) is 27.3. The molecular weight excluding hydrogens is 662 g/mol. The number of carboxylic acids is 6. The van der Waals surface area contributed by atoms with Crippen LogP contribution in [0.3, 0.4) is 0 Å². The monoisotopic (exact) mass is 705 g/mol. The van der Waals surface area contributed by atoms with Gasteiger partial charge >= 0.3 is 35.8 Å². The van der Waals surface area contributed by atoms with Gasteiger partial charge < -0.3 is 40.1 Å². The fourth-order valence-electron chi connectivity index (χ4n) is 5.09. The average molecular weight is 706 g/mol. The van der Waals surface area contributed by atoms with Gasteiger partial charge in [-0.05, 0) is 17.5 Å². The maximum absolute atomic E-state index is 12.4. The quantitative estimate of drug-likeness (QED) is 0.0749. The van der Waals surface area contributed by atoms with Gasteiger partial charge in [0.05, 0.1) is 39.5 Å². The zero-order valence-electron chi connectivity index (χ0n) is 27.3. The molecule has 17 heteroatoms. The molecule has 2 aromatic carbocycles. The molecule has 0 radical (unpaired) electrons. The molecule has 17 nitrogen and oxygen atoms in total. The van der Waals surface area contributed by atoms with E-state index in [-0.39, 0.29) is 39.4 Å². The number of rotatable bonds is 27. The van der Waals surface area contributed by atoms with E-state index in [4.69, 9.17) is 9.47 Å². The van der Waals surface area contributed by atoms with E-state index in [1.54, 1.807) is 60.7 Å². The van der Waals surface area contributed by atoms with Crippen LogP contribution in [0.4, 0.5) is 0 Å². The summed E-state index contributed by atoms with van der Waals surface area (Å²) >= 11 is 0. The van der Waals surface area contributed by atoms with E-state index in [1.165, 1.54) is 4.90 Å². The second kappa shape index (κ2) is 21.9. The number of nitrogens with zero attached hydrogens (tertiary/aromatic N) is 3. The van der Waals surface area contributed by atoms with E-state index in [0.717, 1.165) is 20.9 Å². The Morgan fingerprint density at radius 3 is 1.18 bits per heavy atom. The highest BCUT2D eigenvalue weighted by molar-refractivity contribution is 5.77. The van der Waals surface area contributed by atoms with E-state index in [0.29, 0.717) is 0 Å². The minimum Gasteiger partial charge on any atom is -0.481 e. The van der Waals surface area contributed by atoms with Crippen LogP contribution in [0.5, 0.6) is 0 Å². The van der Waals surface area contributed by atoms with Gasteiger partial charge in [-0.1, -0.05) is 60.7 Å². The third-order valence-electron chi connectivity index (χ3n) is 7.61. The number of carboxylic acid groups (broad SMARTS) is 6. The SMILES string of the molecule is O=C(O)CC[C@H](C(=O)O)N(CCN(CC(=O)O)[C@H](COCc1ccccc1)C(=O)O)CCN(CC(=O)O)[C@@H](COCc1ccccc1)C(=O)O. The van der Waals surface area contributed by atoms with Crippen molar-refractivity contribution in [2.45, 2.75) is 44.2 Å². The van der Waals surface area contributed by atoms with Crippen molar-refractivity contribution in [2.24, 2.45) is 0 Å². The van der Waals surface area contributed by atoms with Gasteiger partial charge in [-0.15, -0.1) is 0 Å². The van der Waals surface area contributed by atoms with Crippen molar-refractivity contribution in [1.29, 1.82) is 0 Å². The maximum atomic E-state index is 12.4. The molecule has 0 unspecified atom stereocenters. The van der Waals surface area contributed by atoms with Crippen LogP contribution in [0.1, 0.15) is 24.0 Å². The number of aliphatic carboxylic acids is 6. The molecule has 0 saturated carbocycles. The molecule has 0 aliphatic rings. The Kier molecular flexibility index (Phi) is 18.1. The zero-order chi connectivity index (χ0) is 37.1. The van der Waals surface area contributed by atoms with Gasteiger partial charge in [0.2, 0.25) is 0 Å². The summed E-state index contributed by atoms with van der Waals surface area (Å²) in [6.07, 6.45) is -0.977. The number of benzene rings is 2. The molecule has 274 valence electrons. The Morgan fingerprint density at radius 1 is 0.500 bits per heavy atom. The second-order valence-electron chi connectivity index (χ2n) is 11.3. The number of hydrogen-bond donors (Lipinski definition) is 6. The summed E-state index contributed by atoms with van der Waals surface area (Å²) in [6.45, 7) is -3.60. The fraction of sp³-hybridized carbons (Fsp3) is 0.455. The Labute approximate surface area is 287 Å². The Bertz CT molecular complexity index is 1310. The first-order valence-corrected chi connectivity index (χ1v) is 15.6. The van der Waals surface area contributed by atoms with Crippen molar-refractivity contribution in [3.8, 4) is 0 Å². The largest absolute Gasteiger partial charge is 0.481 e. The molecule has 2 rings (SSSR count). The summed E-state index contributed by atoms with van der Waals surface area (Å²) in [5.74, 6) is -8.29. The third kappa shape index (κ3) is 15.5. The molecule has 0 aliphatic heterocycles. The molecule has 2 aromatic rings. The first-order chi connectivity index (χ1) is 23.8. The van der Waals surface area contributed by atoms with Crippen molar-refractivity contribution < 1.29 is 68.9 Å². The second-order valence-corrected chi connectivity index (χ2v) is 11.3. The van der Waals surface area contributed by atoms with Crippen LogP contribution >= 0.6 is 0 Å². The molecule has 3 atom stereocenters. The van der Waals surface area contributed by atoms with Gasteiger partial charge in [-0.2, -0.15) is 0 Å². The molecule has 0 amide bonds. The molecule has 0 heterocycles. The van der Waals surface area contributed by atoms with Crippen LogP contribution in [-0.2, 0) is 51.5 Å². The lowest BCUT2D eigenvalue weighted by molar-refractivity contribution is -0.151. The lowest BCUT2D eigenvalue weighted by Gasteiger charge is -2.35. The van der Waals surface area contributed by atoms with E-state index in [1.807, 2.05) is 0 Å². The van der Waals surface area contributed by atoms with Crippen LogP contribution in [0.25, 0.3) is 0 Å². The minimum absolute atomic E-state index is 0.0349. The number of carbonyl (C=O) groups is 6. The number of ether oxygens (including phenoxy) is 2. The van der Waals surface area contributed by atoms with E-state index in [2.05, 4.69) is 0 Å². The lowest BCUT2D eigenvalue weighted by Crippen LogP contribution is -2.54. The molecule has 6 N–H and O–H groups in total. The predicted octanol–water partition coefficient (Wildman–Crippen LogP) is 0.720. The first-order valence-electron chi connectivity index (χ1n) is 15.6. The Hall–Kier alpha value is -4.94. The van der Waals surface area contributed by atoms with Crippen LogP contribution in [0, 0.1) is 0 Å². The van der Waals surface area contributed by atoms with Gasteiger partial charge in [0, 0.05) is 32.6 Å². The summed E-state index contributed by atoms with van der Waals surface area (Å²) in [6, 6.07) is 13.2. The van der Waals surface area contributed by atoms with Crippen molar-refractivity contribution in [1.82, 2.24) is 14.7 Å². The van der Waals surface area contributed by atoms with Gasteiger partial charge in [-0.25, -0.2) is 0 Å². The van der Waals surface area contributed by atoms with Gasteiger partial charge in [0.25, 0.3) is 0 Å². The Balaban J connectivity index is 2.29. The Morgan fingerprint density at radius 2 is 0.860 bits per heavy atom. The van der Waals surface area contributed by atoms with E-state index >= 15 is 0 Å². The molecule has 0 fully saturated rings. The molecule has 0 saturated heterocycles. The van der Waals surface area contributed by atoms with Gasteiger partial charge in [0.1, 0.15) is 18.1 Å². The van der Waals surface area contributed by atoms with E-state index < -0.39 is 93.1 Å². The third-order valence-corrected chi connectivity index (χ3v) is 7.61. The van der Waals surface area contributed by atoms with Crippen LogP contribution < -0.4 is 0 Å². The summed E-state index contributed by atoms with van der Waals surface area (Å²) < 4.78 is 11.1. The molecule has 50 heavy (non-hydrogen) atoms. The van der Waals surface area contributed by atoms with Gasteiger partial charge in [0.15, 0.2) is 0 Å². The van der Waals surface area contributed by atoms with Crippen molar-refractivity contribution >= 4 is 35.8 Å². The maximum Gasteiger partial charge on any atom is 0.323 e. The average Bonchev–Trinajstić information content (AvgIpc) is 3.05. The molecule has 0 aromatic heterocycles. The minimum atomic E-state index is -1.49. The van der Waals surface area contributed by atoms with Crippen LogP contribution in [0.2, 0.25) is 0 Å². The first kappa shape index (κ1) is 41.2. The van der Waals surface area contributed by atoms with Crippen molar-refractivity contribution in [3.05, 3.63) is 71.8 Å². The molecule has 0 spiro atoms. The van der Waals surface area contributed by atoms with Crippen LogP contribution in [-0.4, -0.2) is 152 Å². The summed E-state index contributed by atoms with van der Waals surface area (Å²) in [5, 5.41) is 58.3. The summed E-state index contributed by atoms with van der Waals surface area (Å²) in [4.78, 5) is 75.1. The summed E-state index contributed by atoms with van der Waals surface area (Å²) in [5.41, 5.74) is 1.48. The lowest BCUT2D eigenvalue weighted by atomic mass is 10.1. The highest BCUT2D eigenvalue weighted by atomic mass is 16.5. The van der Waals surface area contributed by atoms with Crippen LogP contribution in [0.15, 0.2) is 60.7 Å². The highest BCUT2D eigenvalue weighted by Crippen LogP contribution is 2.13. The highest BCUT2D eigenvalue weighted by Gasteiger charge is 2.33. The molecular formula is C33H43N3O14. The normalized spacial score (nSPS) is 13.2. The van der Waals surface area contributed by atoms with Crippen molar-refractivity contribution in [2.75, 3.05) is 52.5 Å². The molecule has 0 aliphatic carbocycles. The van der Waals surface area contributed by atoms with Gasteiger partial charge in [-0.3, -0.25) is 43.5 Å². The van der Waals surface area contributed by atoms with E-state index in [9.17, 15) is 59.4 Å². The predicted molar refractivity (Wildman–Crippen MR) is 173 cm³/mol. The smallest absolute Gasteiger partial charge is 0.323 e.